The van der Waals surface area contributed by atoms with Gasteiger partial charge in [-0.2, -0.15) is 0 Å². The molecule has 1 N–H and O–H groups in total. The lowest BCUT2D eigenvalue weighted by atomic mass is 9.88. The Balaban J connectivity index is 1.57. The van der Waals surface area contributed by atoms with Crippen molar-refractivity contribution in [2.75, 3.05) is 7.11 Å². The summed E-state index contributed by atoms with van der Waals surface area (Å²) in [6.45, 7) is 4.46. The van der Waals surface area contributed by atoms with Gasteiger partial charge in [-0.1, -0.05) is 56.0 Å². The third-order valence-electron chi connectivity index (χ3n) is 6.45. The van der Waals surface area contributed by atoms with E-state index in [-0.39, 0.29) is 12.1 Å². The lowest BCUT2D eigenvalue weighted by molar-refractivity contribution is 0.0606. The topological polar surface area (TPSA) is 46.5 Å². The van der Waals surface area contributed by atoms with E-state index in [1.165, 1.54) is 60.8 Å². The molecule has 2 unspecified atom stereocenters. The molecule has 1 aromatic heterocycles. The maximum Gasteiger partial charge on any atom is 0.348 e. The summed E-state index contributed by atoms with van der Waals surface area (Å²) in [5.74, 6) is 0.354. The van der Waals surface area contributed by atoms with E-state index in [4.69, 9.17) is 4.74 Å². The molecule has 1 aliphatic carbocycles. The van der Waals surface area contributed by atoms with Crippen LogP contribution in [0.2, 0.25) is 0 Å². The highest BCUT2D eigenvalue weighted by Gasteiger charge is 2.24. The summed E-state index contributed by atoms with van der Waals surface area (Å²) in [5, 5.41) is 10.4. The van der Waals surface area contributed by atoms with E-state index < -0.39 is 0 Å². The molecule has 4 heteroatoms. The number of aliphatic hydroxyl groups is 1. The van der Waals surface area contributed by atoms with Gasteiger partial charge in [0.1, 0.15) is 4.88 Å². The minimum atomic E-state index is -0.351. The molecule has 0 saturated heterocycles. The second-order valence-corrected chi connectivity index (χ2v) is 9.88. The Bertz CT molecular complexity index is 878. The van der Waals surface area contributed by atoms with Gasteiger partial charge in [0, 0.05) is 4.88 Å². The zero-order chi connectivity index (χ0) is 22.2. The van der Waals surface area contributed by atoms with Crippen LogP contribution in [0.5, 0.6) is 0 Å². The summed E-state index contributed by atoms with van der Waals surface area (Å²) >= 11 is 1.55. The van der Waals surface area contributed by atoms with Crippen LogP contribution in [0.3, 0.4) is 0 Å². The maximum absolute atomic E-state index is 11.6. The standard InChI is InChI=1S/C27H36O3S/c1-4-5-6-10-24(28)20-13-15-22(16-14-20)26-19(2)11-12-21(26)8-7-9-23-17-18-25(31-23)27(29)30-3/h13-18,21,24,28H,4-12H2,1-3H3. The number of benzene rings is 1. The van der Waals surface area contributed by atoms with Crippen LogP contribution >= 0.6 is 11.3 Å². The van der Waals surface area contributed by atoms with Gasteiger partial charge in [-0.25, -0.2) is 4.79 Å². The number of aliphatic hydroxyl groups excluding tert-OH is 1. The van der Waals surface area contributed by atoms with Crippen molar-refractivity contribution in [2.45, 2.75) is 77.7 Å². The Labute approximate surface area is 191 Å². The monoisotopic (exact) mass is 440 g/mol. The fourth-order valence-corrected chi connectivity index (χ4v) is 5.64. The SMILES string of the molecule is CCCCCC(O)c1ccc(C2=C(C)CCC2CCCc2ccc(C(=O)OC)s2)cc1. The normalized spacial score (nSPS) is 17.2. The molecule has 0 amide bonds. The zero-order valence-corrected chi connectivity index (χ0v) is 20.0. The fraction of sp³-hybridized carbons (Fsp3) is 0.519. The fourth-order valence-electron chi connectivity index (χ4n) is 4.67. The lowest BCUT2D eigenvalue weighted by Gasteiger charge is -2.17. The Morgan fingerprint density at radius 2 is 1.94 bits per heavy atom. The largest absolute Gasteiger partial charge is 0.465 e. The molecular formula is C27H36O3S. The number of allylic oxidation sites excluding steroid dienone is 2. The average Bonchev–Trinajstić information content (AvgIpc) is 3.40. The number of thiophene rings is 1. The molecule has 1 heterocycles. The first kappa shape index (κ1) is 23.7. The van der Waals surface area contributed by atoms with E-state index in [1.807, 2.05) is 6.07 Å². The van der Waals surface area contributed by atoms with Gasteiger partial charge in [0.15, 0.2) is 0 Å². The summed E-state index contributed by atoms with van der Waals surface area (Å²) in [5.41, 5.74) is 5.36. The molecule has 3 rings (SSSR count). The number of aryl methyl sites for hydroxylation is 1. The first-order valence-electron chi connectivity index (χ1n) is 11.7. The molecule has 0 fully saturated rings. The van der Waals surface area contributed by atoms with Crippen molar-refractivity contribution < 1.29 is 14.6 Å². The highest BCUT2D eigenvalue weighted by Crippen LogP contribution is 2.41. The molecule has 168 valence electrons. The van der Waals surface area contributed by atoms with Gasteiger partial charge in [-0.05, 0) is 80.2 Å². The maximum atomic E-state index is 11.6. The van der Waals surface area contributed by atoms with Crippen molar-refractivity contribution >= 4 is 22.9 Å². The molecule has 31 heavy (non-hydrogen) atoms. The molecule has 2 aromatic rings. The Kier molecular flexibility index (Phi) is 8.91. The van der Waals surface area contributed by atoms with Crippen molar-refractivity contribution in [1.82, 2.24) is 0 Å². The average molecular weight is 441 g/mol. The highest BCUT2D eigenvalue weighted by atomic mass is 32.1. The van der Waals surface area contributed by atoms with Crippen molar-refractivity contribution in [3.8, 4) is 0 Å². The number of rotatable bonds is 11. The van der Waals surface area contributed by atoms with Gasteiger partial charge < -0.3 is 9.84 Å². The lowest BCUT2D eigenvalue weighted by Crippen LogP contribution is -2.02. The number of ether oxygens (including phenoxy) is 1. The summed E-state index contributed by atoms with van der Waals surface area (Å²) in [4.78, 5) is 13.6. The molecule has 3 nitrogen and oxygen atoms in total. The predicted octanol–water partition coefficient (Wildman–Crippen LogP) is 7.35. The predicted molar refractivity (Wildman–Crippen MR) is 129 cm³/mol. The second-order valence-electron chi connectivity index (χ2n) is 8.71. The van der Waals surface area contributed by atoms with E-state index in [0.29, 0.717) is 10.8 Å². The molecule has 0 radical (unpaired) electrons. The van der Waals surface area contributed by atoms with Gasteiger partial charge in [-0.15, -0.1) is 11.3 Å². The summed E-state index contributed by atoms with van der Waals surface area (Å²) < 4.78 is 4.81. The smallest absolute Gasteiger partial charge is 0.348 e. The van der Waals surface area contributed by atoms with Crippen LogP contribution in [-0.4, -0.2) is 18.2 Å². The van der Waals surface area contributed by atoms with Crippen molar-refractivity contribution in [1.29, 1.82) is 0 Å². The van der Waals surface area contributed by atoms with E-state index in [1.54, 1.807) is 11.3 Å². The van der Waals surface area contributed by atoms with Crippen molar-refractivity contribution in [2.24, 2.45) is 5.92 Å². The molecule has 1 aliphatic rings. The molecule has 2 atom stereocenters. The molecule has 0 aliphatic heterocycles. The number of hydrogen-bond acceptors (Lipinski definition) is 4. The zero-order valence-electron chi connectivity index (χ0n) is 19.2. The van der Waals surface area contributed by atoms with Crippen LogP contribution in [0.25, 0.3) is 5.57 Å². The van der Waals surface area contributed by atoms with Gasteiger partial charge in [0.25, 0.3) is 0 Å². The van der Waals surface area contributed by atoms with Gasteiger partial charge in [-0.3, -0.25) is 0 Å². The number of carbonyl (C=O) groups is 1. The van der Waals surface area contributed by atoms with Crippen LogP contribution in [0, 0.1) is 5.92 Å². The first-order valence-corrected chi connectivity index (χ1v) is 12.5. The van der Waals surface area contributed by atoms with E-state index in [9.17, 15) is 9.90 Å². The van der Waals surface area contributed by atoms with Gasteiger partial charge >= 0.3 is 5.97 Å². The third-order valence-corrected chi connectivity index (χ3v) is 7.57. The Hall–Kier alpha value is -1.91. The van der Waals surface area contributed by atoms with Crippen LogP contribution < -0.4 is 0 Å². The van der Waals surface area contributed by atoms with E-state index in [2.05, 4.69) is 44.2 Å². The number of carbonyl (C=O) groups excluding carboxylic acids is 1. The van der Waals surface area contributed by atoms with Gasteiger partial charge in [0.05, 0.1) is 13.2 Å². The van der Waals surface area contributed by atoms with Crippen LogP contribution in [0.4, 0.5) is 0 Å². The van der Waals surface area contributed by atoms with Gasteiger partial charge in [0.2, 0.25) is 0 Å². The third kappa shape index (κ3) is 6.30. The summed E-state index contributed by atoms with van der Waals surface area (Å²) in [6.07, 6.45) is 9.62. The second kappa shape index (κ2) is 11.6. The van der Waals surface area contributed by atoms with Crippen molar-refractivity contribution in [3.05, 3.63) is 62.9 Å². The first-order chi connectivity index (χ1) is 15.0. The molecule has 0 saturated carbocycles. The summed E-state index contributed by atoms with van der Waals surface area (Å²) in [6, 6.07) is 12.6. The van der Waals surface area contributed by atoms with E-state index >= 15 is 0 Å². The highest BCUT2D eigenvalue weighted by molar-refractivity contribution is 7.13. The minimum absolute atomic E-state index is 0.244. The minimum Gasteiger partial charge on any atom is -0.465 e. The van der Waals surface area contributed by atoms with Crippen molar-refractivity contribution in [3.63, 3.8) is 0 Å². The number of hydrogen-bond donors (Lipinski definition) is 1. The quantitative estimate of drug-likeness (QED) is 0.293. The van der Waals surface area contributed by atoms with Crippen LogP contribution in [0.1, 0.15) is 97.0 Å². The summed E-state index contributed by atoms with van der Waals surface area (Å²) in [7, 11) is 1.43. The number of unbranched alkanes of at least 4 members (excludes halogenated alkanes) is 2. The number of methoxy groups -OCH3 is 1. The molecule has 0 bridgehead atoms. The Morgan fingerprint density at radius 3 is 2.65 bits per heavy atom. The van der Waals surface area contributed by atoms with Crippen LogP contribution in [-0.2, 0) is 11.2 Å². The van der Waals surface area contributed by atoms with Crippen LogP contribution in [0.15, 0.2) is 42.0 Å². The molecule has 0 spiro atoms. The van der Waals surface area contributed by atoms with E-state index in [0.717, 1.165) is 31.2 Å². The molecule has 1 aromatic carbocycles. The molecular weight excluding hydrogens is 404 g/mol. The Morgan fingerprint density at radius 1 is 1.16 bits per heavy atom. The number of esters is 1.